The van der Waals surface area contributed by atoms with Crippen molar-refractivity contribution in [3.05, 3.63) is 60.2 Å². The number of halogens is 1. The highest BCUT2D eigenvalue weighted by molar-refractivity contribution is 7.99. The van der Waals surface area contributed by atoms with Gasteiger partial charge in [-0.3, -0.25) is 9.78 Å². The van der Waals surface area contributed by atoms with Crippen LogP contribution in [0.1, 0.15) is 10.4 Å². The van der Waals surface area contributed by atoms with E-state index < -0.39 is 0 Å². The van der Waals surface area contributed by atoms with Gasteiger partial charge in [0.25, 0.3) is 0 Å². The number of pyridine rings is 1. The van der Waals surface area contributed by atoms with Gasteiger partial charge in [0.2, 0.25) is 5.16 Å². The predicted molar refractivity (Wildman–Crippen MR) is 84.9 cm³/mol. The van der Waals surface area contributed by atoms with Gasteiger partial charge in [-0.25, -0.2) is 9.07 Å². The summed E-state index contributed by atoms with van der Waals surface area (Å²) in [5, 5.41) is 8.41. The third-order valence-electron chi connectivity index (χ3n) is 3.08. The lowest BCUT2D eigenvalue weighted by Crippen LogP contribution is -2.12. The Bertz CT molecular complexity index is 820. The highest BCUT2D eigenvalue weighted by Crippen LogP contribution is 2.21. The van der Waals surface area contributed by atoms with E-state index in [1.165, 1.54) is 40.7 Å². The lowest BCUT2D eigenvalue weighted by atomic mass is 10.1. The Morgan fingerprint density at radius 1 is 1.22 bits per heavy atom. The van der Waals surface area contributed by atoms with Crippen molar-refractivity contribution in [3.63, 3.8) is 0 Å². The highest BCUT2D eigenvalue weighted by Gasteiger charge is 2.14. The van der Waals surface area contributed by atoms with E-state index in [9.17, 15) is 9.18 Å². The number of aromatic nitrogens is 4. The molecule has 0 saturated heterocycles. The molecule has 0 fully saturated rings. The molecule has 0 amide bonds. The molecule has 0 spiro atoms. The maximum Gasteiger partial charge on any atom is 0.210 e. The highest BCUT2D eigenvalue weighted by atomic mass is 32.2. The van der Waals surface area contributed by atoms with E-state index >= 15 is 0 Å². The van der Waals surface area contributed by atoms with Crippen LogP contribution in [0, 0.1) is 5.82 Å². The van der Waals surface area contributed by atoms with E-state index in [-0.39, 0.29) is 17.4 Å². The first-order chi connectivity index (χ1) is 11.1. The van der Waals surface area contributed by atoms with E-state index in [1.807, 2.05) is 6.07 Å². The maximum absolute atomic E-state index is 12.9. The molecule has 3 rings (SSSR count). The Morgan fingerprint density at radius 3 is 2.70 bits per heavy atom. The van der Waals surface area contributed by atoms with Gasteiger partial charge in [-0.1, -0.05) is 11.8 Å². The Balaban J connectivity index is 1.71. The third kappa shape index (κ3) is 3.37. The molecule has 116 valence electrons. The van der Waals surface area contributed by atoms with Crippen molar-refractivity contribution in [2.45, 2.75) is 5.16 Å². The fraction of sp³-hybridized carbons (Fsp3) is 0.0667. The van der Waals surface area contributed by atoms with Gasteiger partial charge in [0.15, 0.2) is 11.6 Å². The molecular weight excluding hydrogens is 317 g/mol. The Morgan fingerprint density at radius 2 is 2.00 bits per heavy atom. The smallest absolute Gasteiger partial charge is 0.210 e. The first kappa shape index (κ1) is 15.2. The quantitative estimate of drug-likeness (QED) is 0.438. The van der Waals surface area contributed by atoms with Crippen LogP contribution in [-0.2, 0) is 0 Å². The number of hydrogen-bond acceptors (Lipinski definition) is 6. The Kier molecular flexibility index (Phi) is 4.33. The van der Waals surface area contributed by atoms with Crippen molar-refractivity contribution in [2.24, 2.45) is 0 Å². The minimum Gasteiger partial charge on any atom is -0.335 e. The third-order valence-corrected chi connectivity index (χ3v) is 4.03. The van der Waals surface area contributed by atoms with Crippen molar-refractivity contribution >= 4 is 17.5 Å². The topological polar surface area (TPSA) is 86.7 Å². The lowest BCUT2D eigenvalue weighted by Gasteiger charge is -2.03. The molecule has 2 N–H and O–H groups in total. The van der Waals surface area contributed by atoms with Crippen LogP contribution in [0.4, 0.5) is 4.39 Å². The van der Waals surface area contributed by atoms with Gasteiger partial charge in [0.1, 0.15) is 5.82 Å². The summed E-state index contributed by atoms with van der Waals surface area (Å²) in [6.45, 7) is 0. The van der Waals surface area contributed by atoms with Gasteiger partial charge in [-0.05, 0) is 36.4 Å². The second-order valence-corrected chi connectivity index (χ2v) is 5.58. The molecule has 0 atom stereocenters. The number of benzene rings is 1. The molecule has 6 nitrogen and oxygen atoms in total. The number of nitrogen functional groups attached to an aromatic ring is 1. The average Bonchev–Trinajstić information content (AvgIpc) is 2.95. The summed E-state index contributed by atoms with van der Waals surface area (Å²) < 4.78 is 14.2. The number of nitrogens with zero attached hydrogens (tertiary/aromatic N) is 4. The van der Waals surface area contributed by atoms with Crippen LogP contribution in [0.3, 0.4) is 0 Å². The first-order valence-electron chi connectivity index (χ1n) is 6.67. The number of ketones is 1. The number of carbonyl (C=O) groups is 1. The fourth-order valence-electron chi connectivity index (χ4n) is 1.92. The Labute approximate surface area is 135 Å². The largest absolute Gasteiger partial charge is 0.335 e. The molecule has 2 heterocycles. The normalized spacial score (nSPS) is 10.7. The van der Waals surface area contributed by atoms with E-state index in [4.69, 9.17) is 5.84 Å². The van der Waals surface area contributed by atoms with Crippen LogP contribution in [0.5, 0.6) is 0 Å². The summed E-state index contributed by atoms with van der Waals surface area (Å²) in [5.74, 6) is 6.05. The van der Waals surface area contributed by atoms with Crippen molar-refractivity contribution in [1.29, 1.82) is 0 Å². The number of rotatable bonds is 5. The van der Waals surface area contributed by atoms with Gasteiger partial charge in [-0.15, -0.1) is 10.2 Å². The molecule has 0 aliphatic rings. The molecule has 23 heavy (non-hydrogen) atoms. The summed E-state index contributed by atoms with van der Waals surface area (Å²) in [7, 11) is 0. The van der Waals surface area contributed by atoms with E-state index in [0.717, 1.165) is 5.56 Å². The molecule has 2 aromatic heterocycles. The number of thioether (sulfide) groups is 1. The first-order valence-corrected chi connectivity index (χ1v) is 7.66. The van der Waals surface area contributed by atoms with E-state index in [1.54, 1.807) is 18.5 Å². The van der Waals surface area contributed by atoms with Crippen molar-refractivity contribution in [1.82, 2.24) is 19.9 Å². The molecule has 0 radical (unpaired) electrons. The van der Waals surface area contributed by atoms with Crippen LogP contribution in [0.2, 0.25) is 0 Å². The second kappa shape index (κ2) is 6.57. The average molecular weight is 329 g/mol. The van der Waals surface area contributed by atoms with Crippen molar-refractivity contribution < 1.29 is 9.18 Å². The second-order valence-electron chi connectivity index (χ2n) is 4.64. The summed E-state index contributed by atoms with van der Waals surface area (Å²) in [6.07, 6.45) is 3.28. The molecule has 0 unspecified atom stereocenters. The number of carbonyl (C=O) groups excluding carboxylic acids is 1. The van der Waals surface area contributed by atoms with Crippen LogP contribution < -0.4 is 5.84 Å². The molecule has 3 aromatic rings. The zero-order chi connectivity index (χ0) is 16.2. The summed E-state index contributed by atoms with van der Waals surface area (Å²) >= 11 is 1.17. The fourth-order valence-corrected chi connectivity index (χ4v) is 2.67. The molecule has 0 bridgehead atoms. The van der Waals surface area contributed by atoms with Gasteiger partial charge >= 0.3 is 0 Å². The predicted octanol–water partition coefficient (Wildman–Crippen LogP) is 2.17. The molecule has 1 aromatic carbocycles. The number of hydrogen-bond donors (Lipinski definition) is 1. The monoisotopic (exact) mass is 329 g/mol. The van der Waals surface area contributed by atoms with Crippen LogP contribution in [0.25, 0.3) is 11.4 Å². The molecule has 0 aliphatic carbocycles. The zero-order valence-electron chi connectivity index (χ0n) is 11.9. The summed E-state index contributed by atoms with van der Waals surface area (Å²) in [6, 6.07) is 9.00. The van der Waals surface area contributed by atoms with Crippen LogP contribution in [0.15, 0.2) is 53.9 Å². The SMILES string of the molecule is Nn1c(SCC(=O)c2ccc(F)cc2)nnc1-c1cccnc1. The van der Waals surface area contributed by atoms with E-state index in [2.05, 4.69) is 15.2 Å². The number of Topliss-reactive ketones (excluding diaryl/α,β-unsaturated/α-hetero) is 1. The summed E-state index contributed by atoms with van der Waals surface area (Å²) in [4.78, 5) is 16.1. The van der Waals surface area contributed by atoms with Gasteiger partial charge in [0.05, 0.1) is 5.75 Å². The van der Waals surface area contributed by atoms with Gasteiger partial charge < -0.3 is 5.84 Å². The molecule has 0 aliphatic heterocycles. The van der Waals surface area contributed by atoms with Crippen LogP contribution in [-0.4, -0.2) is 31.4 Å². The maximum atomic E-state index is 12.9. The van der Waals surface area contributed by atoms with Crippen molar-refractivity contribution in [3.8, 4) is 11.4 Å². The van der Waals surface area contributed by atoms with E-state index in [0.29, 0.717) is 16.5 Å². The van der Waals surface area contributed by atoms with Gasteiger partial charge in [0, 0.05) is 23.5 Å². The minimum atomic E-state index is -0.378. The summed E-state index contributed by atoms with van der Waals surface area (Å²) in [5.41, 5.74) is 1.17. The zero-order valence-corrected chi connectivity index (χ0v) is 12.7. The molecule has 0 saturated carbocycles. The Hall–Kier alpha value is -2.74. The molecular formula is C15H12FN5OS. The lowest BCUT2D eigenvalue weighted by molar-refractivity contribution is 0.102. The number of nitrogens with two attached hydrogens (primary N) is 1. The van der Waals surface area contributed by atoms with Crippen LogP contribution >= 0.6 is 11.8 Å². The minimum absolute atomic E-state index is 0.133. The van der Waals surface area contributed by atoms with Gasteiger partial charge in [-0.2, -0.15) is 0 Å². The van der Waals surface area contributed by atoms with Crippen molar-refractivity contribution in [2.75, 3.05) is 11.6 Å². The molecule has 8 heteroatoms. The standard InChI is InChI=1S/C15H12FN5OS/c16-12-5-3-10(4-6-12)13(22)9-23-15-20-19-14(21(15)17)11-2-1-7-18-8-11/h1-8H,9,17H2.